The summed E-state index contributed by atoms with van der Waals surface area (Å²) in [5.74, 6) is -0.211. The molecule has 1 aromatic rings. The third-order valence-corrected chi connectivity index (χ3v) is 2.09. The van der Waals surface area contributed by atoms with Crippen LogP contribution in [-0.4, -0.2) is 27.2 Å². The van der Waals surface area contributed by atoms with Crippen molar-refractivity contribution in [1.82, 2.24) is 15.1 Å². The Balaban J connectivity index is 2.72. The summed E-state index contributed by atoms with van der Waals surface area (Å²) in [5, 5.41) is 6.78. The third-order valence-electron chi connectivity index (χ3n) is 1.95. The number of hydrogen-bond acceptors (Lipinski definition) is 3. The van der Waals surface area contributed by atoms with Crippen molar-refractivity contribution in [3.05, 3.63) is 17.5 Å². The zero-order valence-corrected chi connectivity index (χ0v) is 9.60. The Hall–Kier alpha value is -1.43. The van der Waals surface area contributed by atoms with Crippen molar-refractivity contribution in [2.45, 2.75) is 13.3 Å². The van der Waals surface area contributed by atoms with Crippen molar-refractivity contribution >= 4 is 23.1 Å². The van der Waals surface area contributed by atoms with Gasteiger partial charge in [0.25, 0.3) is 5.91 Å². The Labute approximate surface area is 93.6 Å². The normalized spacial score (nSPS) is 10.0. The van der Waals surface area contributed by atoms with Gasteiger partial charge in [0.2, 0.25) is 0 Å². The van der Waals surface area contributed by atoms with Crippen LogP contribution >= 0.6 is 12.2 Å². The molecule has 0 saturated heterocycles. The zero-order chi connectivity index (χ0) is 11.4. The van der Waals surface area contributed by atoms with Gasteiger partial charge >= 0.3 is 0 Å². The molecule has 0 spiro atoms. The van der Waals surface area contributed by atoms with Crippen molar-refractivity contribution in [3.8, 4) is 0 Å². The number of rotatable bonds is 4. The summed E-state index contributed by atoms with van der Waals surface area (Å²) in [6.07, 6.45) is 0.802. The van der Waals surface area contributed by atoms with E-state index in [1.807, 2.05) is 6.92 Å². The molecular formula is C9H14N4OS. The van der Waals surface area contributed by atoms with Gasteiger partial charge in [-0.25, -0.2) is 0 Å². The lowest BCUT2D eigenvalue weighted by Crippen LogP contribution is -2.33. The average Bonchev–Trinajstić information content (AvgIpc) is 2.56. The molecule has 0 aliphatic heterocycles. The molecule has 0 unspecified atom stereocenters. The summed E-state index contributed by atoms with van der Waals surface area (Å²) in [5.41, 5.74) is 6.69. The summed E-state index contributed by atoms with van der Waals surface area (Å²) in [6, 6.07) is 1.76. The average molecular weight is 226 g/mol. The van der Waals surface area contributed by atoms with E-state index in [0.29, 0.717) is 5.69 Å². The first-order valence-corrected chi connectivity index (χ1v) is 5.04. The number of aromatic nitrogens is 2. The first-order chi connectivity index (χ1) is 7.04. The van der Waals surface area contributed by atoms with Gasteiger partial charge in [0.05, 0.1) is 17.2 Å². The van der Waals surface area contributed by atoms with Crippen LogP contribution in [0.4, 0.5) is 0 Å². The minimum absolute atomic E-state index is 0.209. The molecule has 0 saturated carbocycles. The smallest absolute Gasteiger partial charge is 0.269 e. The van der Waals surface area contributed by atoms with E-state index in [2.05, 4.69) is 22.6 Å². The fourth-order valence-electron chi connectivity index (χ4n) is 1.17. The maximum atomic E-state index is 11.6. The molecule has 5 nitrogen and oxygen atoms in total. The van der Waals surface area contributed by atoms with Crippen LogP contribution in [0.3, 0.4) is 0 Å². The van der Waals surface area contributed by atoms with E-state index in [1.165, 1.54) is 0 Å². The summed E-state index contributed by atoms with van der Waals surface area (Å²) in [7, 11) is 1.73. The highest BCUT2D eigenvalue weighted by Gasteiger charge is 2.11. The lowest BCUT2D eigenvalue weighted by Gasteiger charge is -2.03. The van der Waals surface area contributed by atoms with Crippen LogP contribution in [0.25, 0.3) is 0 Å². The van der Waals surface area contributed by atoms with Gasteiger partial charge in [0.15, 0.2) is 0 Å². The second-order valence-corrected chi connectivity index (χ2v) is 3.67. The molecule has 15 heavy (non-hydrogen) atoms. The summed E-state index contributed by atoms with van der Waals surface area (Å²) < 4.78 is 1.55. The van der Waals surface area contributed by atoms with Crippen molar-refractivity contribution < 1.29 is 4.79 Å². The number of carbonyl (C=O) groups is 1. The maximum absolute atomic E-state index is 11.6. The van der Waals surface area contributed by atoms with Crippen LogP contribution < -0.4 is 11.1 Å². The van der Waals surface area contributed by atoms with E-state index >= 15 is 0 Å². The molecule has 1 aromatic heterocycles. The van der Waals surface area contributed by atoms with Crippen LogP contribution in [0, 0.1) is 0 Å². The monoisotopic (exact) mass is 226 g/mol. The number of hydrogen-bond donors (Lipinski definition) is 2. The molecule has 0 aromatic carbocycles. The van der Waals surface area contributed by atoms with Gasteiger partial charge in [-0.15, -0.1) is 0 Å². The Morgan fingerprint density at radius 3 is 2.87 bits per heavy atom. The highest BCUT2D eigenvalue weighted by atomic mass is 32.1. The largest absolute Gasteiger partial charge is 0.392 e. The molecule has 82 valence electrons. The molecule has 1 heterocycles. The highest BCUT2D eigenvalue weighted by Crippen LogP contribution is 2.03. The lowest BCUT2D eigenvalue weighted by molar-refractivity contribution is 0.0950. The van der Waals surface area contributed by atoms with Crippen LogP contribution in [0.5, 0.6) is 0 Å². The van der Waals surface area contributed by atoms with Crippen LogP contribution in [0.1, 0.15) is 23.1 Å². The van der Waals surface area contributed by atoms with E-state index in [-0.39, 0.29) is 17.4 Å². The highest BCUT2D eigenvalue weighted by molar-refractivity contribution is 7.80. The second-order valence-electron chi connectivity index (χ2n) is 3.15. The number of carbonyl (C=O) groups excluding carboxylic acids is 1. The summed E-state index contributed by atoms with van der Waals surface area (Å²) in [4.78, 5) is 11.9. The van der Waals surface area contributed by atoms with E-state index in [4.69, 9.17) is 5.73 Å². The first-order valence-electron chi connectivity index (χ1n) is 4.64. The molecule has 0 bridgehead atoms. The number of nitrogens with one attached hydrogen (secondary N) is 1. The van der Waals surface area contributed by atoms with Crippen molar-refractivity contribution in [2.24, 2.45) is 12.8 Å². The molecule has 1 amide bonds. The van der Waals surface area contributed by atoms with E-state index in [9.17, 15) is 4.79 Å². The fraction of sp³-hybridized carbons (Fsp3) is 0.444. The number of amides is 1. The minimum atomic E-state index is -0.211. The summed E-state index contributed by atoms with van der Waals surface area (Å²) in [6.45, 7) is 2.19. The van der Waals surface area contributed by atoms with Gasteiger partial charge in [0, 0.05) is 7.05 Å². The topological polar surface area (TPSA) is 72.9 Å². The fourth-order valence-corrected chi connectivity index (χ4v) is 1.24. The Bertz CT molecular complexity index is 385. The predicted octanol–water partition coefficient (Wildman–Crippen LogP) is -0.00160. The predicted molar refractivity (Wildman–Crippen MR) is 61.7 cm³/mol. The van der Waals surface area contributed by atoms with Crippen LogP contribution in [-0.2, 0) is 13.5 Å². The van der Waals surface area contributed by atoms with Gasteiger partial charge in [0.1, 0.15) is 5.69 Å². The first kappa shape index (κ1) is 11.6. The second kappa shape index (κ2) is 4.88. The quantitative estimate of drug-likeness (QED) is 0.709. The van der Waals surface area contributed by atoms with Crippen molar-refractivity contribution in [2.75, 3.05) is 6.54 Å². The van der Waals surface area contributed by atoms with Crippen molar-refractivity contribution in [3.63, 3.8) is 0 Å². The third kappa shape index (κ3) is 3.02. The summed E-state index contributed by atoms with van der Waals surface area (Å²) >= 11 is 4.67. The molecule has 6 heteroatoms. The molecular weight excluding hydrogens is 212 g/mol. The van der Waals surface area contributed by atoms with Gasteiger partial charge in [-0.3, -0.25) is 9.48 Å². The molecule has 0 fully saturated rings. The molecule has 1 rings (SSSR count). The van der Waals surface area contributed by atoms with Gasteiger partial charge in [-0.05, 0) is 12.5 Å². The minimum Gasteiger partial charge on any atom is -0.392 e. The Morgan fingerprint density at radius 2 is 2.40 bits per heavy atom. The van der Waals surface area contributed by atoms with Gasteiger partial charge in [-0.2, -0.15) is 5.10 Å². The SMILES string of the molecule is CCc1cc(C(=O)NCC(N)=S)n(C)n1. The lowest BCUT2D eigenvalue weighted by atomic mass is 10.3. The Morgan fingerprint density at radius 1 is 1.73 bits per heavy atom. The zero-order valence-electron chi connectivity index (χ0n) is 8.78. The molecule has 0 radical (unpaired) electrons. The molecule has 0 aliphatic rings. The van der Waals surface area contributed by atoms with Crippen LogP contribution in [0.15, 0.2) is 6.07 Å². The number of aryl methyl sites for hydroxylation is 2. The van der Waals surface area contributed by atoms with Gasteiger partial charge < -0.3 is 11.1 Å². The standard InChI is InChI=1S/C9H14N4OS/c1-3-6-4-7(13(2)12-6)9(14)11-5-8(10)15/h4H,3,5H2,1-2H3,(H2,10,15)(H,11,14). The number of thiocarbonyl (C=S) groups is 1. The van der Waals surface area contributed by atoms with E-state index in [0.717, 1.165) is 12.1 Å². The number of nitrogens with two attached hydrogens (primary N) is 1. The molecule has 3 N–H and O–H groups in total. The molecule has 0 aliphatic carbocycles. The van der Waals surface area contributed by atoms with Crippen LogP contribution in [0.2, 0.25) is 0 Å². The van der Waals surface area contributed by atoms with Crippen molar-refractivity contribution in [1.29, 1.82) is 0 Å². The molecule has 0 atom stereocenters. The van der Waals surface area contributed by atoms with E-state index < -0.39 is 0 Å². The Kier molecular flexibility index (Phi) is 3.79. The maximum Gasteiger partial charge on any atom is 0.269 e. The van der Waals surface area contributed by atoms with Gasteiger partial charge in [-0.1, -0.05) is 19.1 Å². The number of nitrogens with zero attached hydrogens (tertiary/aromatic N) is 2. The van der Waals surface area contributed by atoms with E-state index in [1.54, 1.807) is 17.8 Å².